The fourth-order valence-electron chi connectivity index (χ4n) is 5.69. The van der Waals surface area contributed by atoms with Crippen LogP contribution in [0.2, 0.25) is 0 Å². The molecule has 0 bridgehead atoms. The molecule has 9 heteroatoms. The Morgan fingerprint density at radius 3 is 2.43 bits per heavy atom. The van der Waals surface area contributed by atoms with E-state index in [0.29, 0.717) is 37.1 Å². The lowest BCUT2D eigenvalue weighted by atomic mass is 9.87. The Balaban J connectivity index is 1.49. The van der Waals surface area contributed by atoms with Crippen molar-refractivity contribution in [1.82, 2.24) is 14.8 Å². The smallest absolute Gasteiger partial charge is 0.147 e. The highest BCUT2D eigenvalue weighted by Crippen LogP contribution is 2.44. The van der Waals surface area contributed by atoms with Gasteiger partial charge in [0, 0.05) is 66.9 Å². The molecule has 0 amide bonds. The molecule has 0 radical (unpaired) electrons. The number of para-hydroxylation sites is 1. The predicted octanol–water partition coefficient (Wildman–Crippen LogP) is 5.95. The number of aromatic nitrogens is 1. The first-order chi connectivity index (χ1) is 17.6. The normalized spacial score (nSPS) is 21.3. The van der Waals surface area contributed by atoms with Crippen LogP contribution >= 0.6 is 0 Å². The molecule has 1 N–H and O–H groups in total. The number of hydrogen-bond acceptors (Lipinski definition) is 3. The average Bonchev–Trinajstić information content (AvgIpc) is 3.15. The van der Waals surface area contributed by atoms with Crippen LogP contribution < -0.4 is 4.74 Å². The number of nitrogens with one attached hydrogen (secondary N) is 1. The molecule has 0 aliphatic carbocycles. The number of fused-ring (bicyclic) bond motifs is 3. The predicted molar refractivity (Wildman–Crippen MR) is 133 cm³/mol. The largest absolute Gasteiger partial charge is 0.492 e. The number of rotatable bonds is 8. The summed E-state index contributed by atoms with van der Waals surface area (Å²) >= 11 is 0. The van der Waals surface area contributed by atoms with Crippen LogP contribution in [0, 0.1) is 23.4 Å². The Morgan fingerprint density at radius 1 is 1.08 bits per heavy atom. The number of benzene rings is 2. The van der Waals surface area contributed by atoms with Gasteiger partial charge in [0.25, 0.3) is 0 Å². The van der Waals surface area contributed by atoms with Gasteiger partial charge >= 0.3 is 0 Å². The second kappa shape index (κ2) is 9.91. The standard InChI is InChI=1S/C28H32F5N3O/c1-16-9-20-19-5-4-6-21(30)25(19)34-26(20)27(36(16)15-28(2,3)33)24-22(31)10-18(11-23(24)32)37-8-7-35-13-17(12-29)14-35/h4-6,10-11,16-17,27,34H,7-9,12-15H2,1-3H3/t16-,27-/m1/s1. The molecule has 2 atom stereocenters. The first kappa shape index (κ1) is 26.0. The van der Waals surface area contributed by atoms with E-state index in [2.05, 4.69) is 4.98 Å². The highest BCUT2D eigenvalue weighted by molar-refractivity contribution is 5.86. The summed E-state index contributed by atoms with van der Waals surface area (Å²) < 4.78 is 79.0. The van der Waals surface area contributed by atoms with Crippen LogP contribution in [-0.2, 0) is 6.42 Å². The fraction of sp³-hybridized carbons (Fsp3) is 0.500. The maximum absolute atomic E-state index is 15.6. The van der Waals surface area contributed by atoms with Crippen LogP contribution in [0.5, 0.6) is 5.75 Å². The summed E-state index contributed by atoms with van der Waals surface area (Å²) in [6.45, 7) is 6.36. The molecule has 0 spiro atoms. The van der Waals surface area contributed by atoms with E-state index in [1.165, 1.54) is 19.9 Å². The summed E-state index contributed by atoms with van der Waals surface area (Å²) in [5.41, 5.74) is -0.345. The number of ether oxygens (including phenoxy) is 1. The van der Waals surface area contributed by atoms with E-state index < -0.39 is 29.2 Å². The third-order valence-electron chi connectivity index (χ3n) is 7.41. The molecule has 1 aromatic heterocycles. The molecule has 200 valence electrons. The van der Waals surface area contributed by atoms with Gasteiger partial charge in [-0.3, -0.25) is 14.2 Å². The molecule has 2 aliphatic heterocycles. The van der Waals surface area contributed by atoms with Gasteiger partial charge in [-0.2, -0.15) is 0 Å². The molecule has 4 nitrogen and oxygen atoms in total. The molecule has 3 aromatic rings. The fourth-order valence-corrected chi connectivity index (χ4v) is 5.69. The van der Waals surface area contributed by atoms with Crippen molar-refractivity contribution >= 4 is 10.9 Å². The highest BCUT2D eigenvalue weighted by atomic mass is 19.2. The molecule has 5 rings (SSSR count). The number of halogens is 5. The minimum absolute atomic E-state index is 0.0467. The molecule has 0 unspecified atom stereocenters. The minimum atomic E-state index is -1.63. The summed E-state index contributed by atoms with van der Waals surface area (Å²) in [6, 6.07) is 5.76. The zero-order chi connectivity index (χ0) is 26.5. The molecule has 2 aliphatic rings. The zero-order valence-corrected chi connectivity index (χ0v) is 21.3. The quantitative estimate of drug-likeness (QED) is 0.372. The van der Waals surface area contributed by atoms with Crippen molar-refractivity contribution in [3.05, 3.63) is 64.6 Å². The van der Waals surface area contributed by atoms with Crippen molar-refractivity contribution in [3.8, 4) is 5.75 Å². The summed E-state index contributed by atoms with van der Waals surface area (Å²) in [7, 11) is 0. The number of aromatic amines is 1. The Hall–Kier alpha value is -2.65. The van der Waals surface area contributed by atoms with Gasteiger partial charge in [-0.25, -0.2) is 17.6 Å². The lowest BCUT2D eigenvalue weighted by Crippen LogP contribution is -2.49. The Morgan fingerprint density at radius 2 is 1.78 bits per heavy atom. The van der Waals surface area contributed by atoms with Crippen LogP contribution in [0.1, 0.15) is 43.6 Å². The highest BCUT2D eigenvalue weighted by Gasteiger charge is 2.41. The summed E-state index contributed by atoms with van der Waals surface area (Å²) in [5.74, 6) is -2.00. The lowest BCUT2D eigenvalue weighted by Gasteiger charge is -2.43. The first-order valence-electron chi connectivity index (χ1n) is 12.7. The summed E-state index contributed by atoms with van der Waals surface area (Å²) in [4.78, 5) is 6.82. The van der Waals surface area contributed by atoms with Crippen LogP contribution in [0.15, 0.2) is 30.3 Å². The second-order valence-corrected chi connectivity index (χ2v) is 11.0. The third kappa shape index (κ3) is 5.08. The SMILES string of the molecule is C[C@@H]1Cc2c([nH]c3c(F)cccc23)[C@@H](c2c(F)cc(OCCN3CC(CF)C3)cc2F)N1CC(C)(C)F. The van der Waals surface area contributed by atoms with E-state index in [0.717, 1.165) is 17.7 Å². The zero-order valence-electron chi connectivity index (χ0n) is 21.3. The van der Waals surface area contributed by atoms with Crippen molar-refractivity contribution in [3.63, 3.8) is 0 Å². The monoisotopic (exact) mass is 521 g/mol. The average molecular weight is 522 g/mol. The number of nitrogens with zero attached hydrogens (tertiary/aromatic N) is 2. The molecular weight excluding hydrogens is 489 g/mol. The van der Waals surface area contributed by atoms with Gasteiger partial charge in [0.2, 0.25) is 0 Å². The number of alkyl halides is 2. The van der Waals surface area contributed by atoms with Gasteiger partial charge < -0.3 is 9.72 Å². The van der Waals surface area contributed by atoms with Crippen LogP contribution in [0.25, 0.3) is 10.9 Å². The minimum Gasteiger partial charge on any atom is -0.492 e. The number of hydrogen-bond donors (Lipinski definition) is 1. The number of likely N-dealkylation sites (tertiary alicyclic amines) is 1. The van der Waals surface area contributed by atoms with Crippen LogP contribution in [0.4, 0.5) is 22.0 Å². The van der Waals surface area contributed by atoms with E-state index in [-0.39, 0.29) is 48.6 Å². The summed E-state index contributed by atoms with van der Waals surface area (Å²) in [6.07, 6.45) is 0.482. The van der Waals surface area contributed by atoms with E-state index in [1.54, 1.807) is 17.0 Å². The molecule has 0 saturated carbocycles. The second-order valence-electron chi connectivity index (χ2n) is 11.0. The van der Waals surface area contributed by atoms with Crippen molar-refractivity contribution in [2.45, 2.75) is 44.9 Å². The first-order valence-corrected chi connectivity index (χ1v) is 12.7. The van der Waals surface area contributed by atoms with Crippen molar-refractivity contribution in [2.24, 2.45) is 5.92 Å². The van der Waals surface area contributed by atoms with Gasteiger partial charge in [0.05, 0.1) is 18.2 Å². The van der Waals surface area contributed by atoms with E-state index in [9.17, 15) is 13.2 Å². The summed E-state index contributed by atoms with van der Waals surface area (Å²) in [5, 5.41) is 0.660. The molecule has 1 fully saturated rings. The Labute approximate surface area is 213 Å². The van der Waals surface area contributed by atoms with Crippen molar-refractivity contribution < 1.29 is 26.7 Å². The molecule has 2 aromatic carbocycles. The van der Waals surface area contributed by atoms with Crippen molar-refractivity contribution in [2.75, 3.05) is 39.5 Å². The van der Waals surface area contributed by atoms with Gasteiger partial charge in [-0.05, 0) is 38.8 Å². The Kier molecular flexibility index (Phi) is 6.96. The van der Waals surface area contributed by atoms with Crippen LogP contribution in [0.3, 0.4) is 0 Å². The van der Waals surface area contributed by atoms with E-state index >= 15 is 8.78 Å². The van der Waals surface area contributed by atoms with Crippen LogP contribution in [-0.4, -0.2) is 66.0 Å². The topological polar surface area (TPSA) is 31.5 Å². The maximum Gasteiger partial charge on any atom is 0.147 e. The van der Waals surface area contributed by atoms with E-state index in [1.807, 2.05) is 11.8 Å². The van der Waals surface area contributed by atoms with E-state index in [4.69, 9.17) is 4.74 Å². The van der Waals surface area contributed by atoms with Gasteiger partial charge in [0.1, 0.15) is 35.5 Å². The molecular formula is C28H32F5N3O. The van der Waals surface area contributed by atoms with Gasteiger partial charge in [-0.15, -0.1) is 0 Å². The van der Waals surface area contributed by atoms with Gasteiger partial charge in [-0.1, -0.05) is 12.1 Å². The van der Waals surface area contributed by atoms with Gasteiger partial charge in [0.15, 0.2) is 0 Å². The third-order valence-corrected chi connectivity index (χ3v) is 7.41. The lowest BCUT2D eigenvalue weighted by molar-refractivity contribution is 0.0637. The maximum atomic E-state index is 15.6. The molecule has 1 saturated heterocycles. The molecule has 37 heavy (non-hydrogen) atoms. The number of H-pyrrole nitrogens is 1. The van der Waals surface area contributed by atoms with Crippen molar-refractivity contribution in [1.29, 1.82) is 0 Å². The molecule has 3 heterocycles. The Bertz CT molecular complexity index is 1260.